The quantitative estimate of drug-likeness (QED) is 0.0627. The Morgan fingerprint density at radius 2 is 0.990 bits per heavy atom. The van der Waals surface area contributed by atoms with Crippen LogP contribution in [0.5, 0.6) is 17.6 Å². The normalized spacial score (nSPS) is 12.4. The zero-order valence-corrected chi connectivity index (χ0v) is 59.2. The molecule has 33 nitrogen and oxygen atoms in total. The summed E-state index contributed by atoms with van der Waals surface area (Å²) in [7, 11) is 1.54. The van der Waals surface area contributed by atoms with Crippen molar-refractivity contribution >= 4 is 80.0 Å². The molecule has 11 heterocycles. The Kier molecular flexibility index (Phi) is 29.2. The summed E-state index contributed by atoms with van der Waals surface area (Å²) in [6.07, 6.45) is 15.4. The summed E-state index contributed by atoms with van der Waals surface area (Å²) in [6.45, 7) is 46.1. The predicted octanol–water partition coefficient (Wildman–Crippen LogP) is 8.79. The lowest BCUT2D eigenvalue weighted by Gasteiger charge is -2.29. The van der Waals surface area contributed by atoms with Crippen LogP contribution >= 0.6 is 0 Å². The molecule has 2 aliphatic heterocycles. The number of hydrogen-bond acceptors (Lipinski definition) is 25. The minimum absolute atomic E-state index is 0. The first-order chi connectivity index (χ1) is 45.7. The van der Waals surface area contributed by atoms with Crippen LogP contribution in [-0.4, -0.2) is 147 Å². The first kappa shape index (κ1) is 79.3. The van der Waals surface area contributed by atoms with Crippen molar-refractivity contribution in [2.24, 2.45) is 10.7 Å². The number of imidazole rings is 4. The summed E-state index contributed by atoms with van der Waals surface area (Å²) in [6, 6.07) is 3.52. The van der Waals surface area contributed by atoms with Crippen molar-refractivity contribution in [1.82, 2.24) is 103 Å². The number of carbonyl (C=O) groups excluding carboxylic acids is 2. The van der Waals surface area contributed by atoms with Crippen molar-refractivity contribution in [3.05, 3.63) is 119 Å². The molecule has 0 atom stereocenters. The second-order valence-corrected chi connectivity index (χ2v) is 23.5. The molecule has 0 saturated carbocycles. The van der Waals surface area contributed by atoms with Crippen LogP contribution in [-0.2, 0) is 9.59 Å². The molecule has 0 spiro atoms. The van der Waals surface area contributed by atoms with Gasteiger partial charge in [-0.1, -0.05) is 20.6 Å². The maximum absolute atomic E-state index is 11.4. The molecule has 0 aromatic carbocycles. The fourth-order valence-electron chi connectivity index (χ4n) is 8.95. The number of nitrogen functional groups attached to an aromatic ring is 2. The first-order valence-electron chi connectivity index (χ1n) is 31.5. The van der Waals surface area contributed by atoms with Crippen LogP contribution in [0.3, 0.4) is 0 Å². The molecule has 98 heavy (non-hydrogen) atoms. The van der Waals surface area contributed by atoms with E-state index in [0.717, 1.165) is 22.3 Å². The van der Waals surface area contributed by atoms with E-state index in [-0.39, 0.29) is 60.5 Å². The van der Waals surface area contributed by atoms with Crippen molar-refractivity contribution in [1.29, 1.82) is 0 Å². The Morgan fingerprint density at radius 1 is 0.561 bits per heavy atom. The van der Waals surface area contributed by atoms with E-state index in [1.807, 2.05) is 113 Å². The van der Waals surface area contributed by atoms with Gasteiger partial charge in [-0.3, -0.25) is 23.9 Å². The molecule has 9 aromatic rings. The Bertz CT molecular complexity index is 4300. The average molecular weight is 1360 g/mol. The number of nitrogens with one attached hydrogen (secondary N) is 3. The molecule has 0 radical (unpaired) electrons. The van der Waals surface area contributed by atoms with E-state index in [2.05, 4.69) is 135 Å². The van der Waals surface area contributed by atoms with Gasteiger partial charge in [-0.05, 0) is 137 Å². The monoisotopic (exact) mass is 1350 g/mol. The number of carbonyl (C=O) groups is 2. The third kappa shape index (κ3) is 21.2. The molecule has 0 saturated heterocycles. The highest BCUT2D eigenvalue weighted by molar-refractivity contribution is 5.93. The van der Waals surface area contributed by atoms with Crippen molar-refractivity contribution in [3.63, 3.8) is 0 Å². The number of aliphatic imine (C=N–C) groups is 1. The van der Waals surface area contributed by atoms with Crippen LogP contribution in [0.15, 0.2) is 102 Å². The number of H-pyrrole nitrogens is 1. The zero-order chi connectivity index (χ0) is 72.3. The van der Waals surface area contributed by atoms with Crippen molar-refractivity contribution < 1.29 is 23.8 Å². The third-order valence-corrected chi connectivity index (χ3v) is 13.6. The van der Waals surface area contributed by atoms with Crippen molar-refractivity contribution in [2.45, 2.75) is 181 Å². The fourth-order valence-corrected chi connectivity index (χ4v) is 8.95. The van der Waals surface area contributed by atoms with Crippen LogP contribution in [0.25, 0.3) is 44.7 Å². The molecule has 9 N–H and O–H groups in total. The maximum atomic E-state index is 11.4. The summed E-state index contributed by atoms with van der Waals surface area (Å²) in [4.78, 5) is 104. The summed E-state index contributed by atoms with van der Waals surface area (Å²) in [5.41, 5.74) is 21.2. The molecule has 9 aromatic heterocycles. The van der Waals surface area contributed by atoms with Crippen LogP contribution in [0, 0.1) is 13.8 Å². The van der Waals surface area contributed by atoms with E-state index in [0.29, 0.717) is 112 Å². The number of nitrogens with two attached hydrogens (primary N) is 3. The highest BCUT2D eigenvalue weighted by atomic mass is 16.5. The molecular formula is C65H98N26O7. The van der Waals surface area contributed by atoms with Gasteiger partial charge in [-0.25, -0.2) is 39.7 Å². The number of aryl methyl sites for hydroxylation is 2. The molecule has 0 bridgehead atoms. The van der Waals surface area contributed by atoms with Crippen LogP contribution in [0.2, 0.25) is 0 Å². The number of aromatic nitrogens is 18. The van der Waals surface area contributed by atoms with Crippen molar-refractivity contribution in [2.75, 3.05) is 37.1 Å². The number of ether oxygens (including phenoxy) is 3. The van der Waals surface area contributed by atoms with E-state index in [4.69, 9.17) is 31.4 Å². The second-order valence-electron chi connectivity index (χ2n) is 23.5. The maximum Gasteiger partial charge on any atom is 0.349 e. The SMILES string of the molecule is C.C=C1N=C(N)C=CN1C(C)C.C=C1NC(=O)C=CN1C(C)C.CC(=O)Nc1ccn(C(C)C)c(=O)n1.CC(C)n1cnc2c(=O)[nH]c(N)nc21.CCOc1nc(C)nc2c1ncn2C(C)C.CCOc1nc(C)nc2c1ncn2C(C)C.COc1nc(N)nc2c1ncn2C(C)C. The number of aromatic amines is 1. The number of nitrogens with zero attached hydrogens (tertiary/aromatic N) is 20. The Hall–Kier alpha value is -11.2. The zero-order valence-electron chi connectivity index (χ0n) is 59.2. The minimum Gasteiger partial charge on any atom is -0.479 e. The van der Waals surface area contributed by atoms with E-state index in [1.54, 1.807) is 54.4 Å². The number of fused-ring (bicyclic) bond motifs is 4. The van der Waals surface area contributed by atoms with Gasteiger partial charge in [0, 0.05) is 73.9 Å². The fraction of sp³-hybridized carbons (Fsp3) is 0.462. The van der Waals surface area contributed by atoms with Crippen LogP contribution in [0.4, 0.5) is 17.7 Å². The second kappa shape index (κ2) is 36.1. The van der Waals surface area contributed by atoms with Gasteiger partial charge in [-0.15, -0.1) is 0 Å². The molecule has 0 unspecified atom stereocenters. The van der Waals surface area contributed by atoms with E-state index in [9.17, 15) is 19.2 Å². The third-order valence-electron chi connectivity index (χ3n) is 13.6. The van der Waals surface area contributed by atoms with Gasteiger partial charge < -0.3 is 70.1 Å². The van der Waals surface area contributed by atoms with Gasteiger partial charge in [-0.2, -0.15) is 29.9 Å². The standard InChI is InChI=1S/2C11H16N4O.C9H13N5O.C9H13N3O2.C8H11N5O.C8H13N3.C8H12N2O.CH4/c2*1-5-16-11-9-10(13-8(4)14-11)15(6-12-9)7(2)3;1-5(2)14-4-11-6-7(14)12-9(10)13-8(6)15-3;1-6(2)12-5-4-8(10-7(3)13)11-9(12)14;1-4(2)13-3-10-5-6(13)11-8(9)12-7(5)14;1-6(2)11-5-4-8(9)10-7(11)3;1-6(2)10-5-4-8(11)9-7(10)3;/h2*6-7H,5H2,1-4H3;4-5H,1-3H3,(H2,10,12,13);4-6H,1-3H3,(H,10,11,13,14);3-4H,1-2H3,(H3,9,11,12,14);4-6H,3H2,1-2H3,(H2,9,10);4-6H,3H2,1-2H3,(H,9,11);1H4. The molecule has 530 valence electrons. The van der Waals surface area contributed by atoms with Gasteiger partial charge in [0.15, 0.2) is 44.7 Å². The summed E-state index contributed by atoms with van der Waals surface area (Å²) in [5.74, 6) is 5.11. The number of anilines is 3. The highest BCUT2D eigenvalue weighted by Crippen LogP contribution is 2.26. The van der Waals surface area contributed by atoms with Gasteiger partial charge in [0.25, 0.3) is 11.5 Å². The summed E-state index contributed by atoms with van der Waals surface area (Å²) >= 11 is 0. The number of amides is 2. The highest BCUT2D eigenvalue weighted by Gasteiger charge is 2.19. The van der Waals surface area contributed by atoms with Crippen molar-refractivity contribution in [3.8, 4) is 17.6 Å². The number of amidine groups is 1. The van der Waals surface area contributed by atoms with Gasteiger partial charge >= 0.3 is 5.69 Å². The lowest BCUT2D eigenvalue weighted by Crippen LogP contribution is -2.38. The lowest BCUT2D eigenvalue weighted by molar-refractivity contribution is -0.117. The molecule has 2 amide bonds. The number of hydrogen-bond donors (Lipinski definition) is 6. The number of methoxy groups -OCH3 is 1. The average Bonchev–Trinajstić information content (AvgIpc) is 1.69. The Morgan fingerprint density at radius 3 is 1.39 bits per heavy atom. The van der Waals surface area contributed by atoms with E-state index < -0.39 is 0 Å². The van der Waals surface area contributed by atoms with E-state index in [1.165, 1.54) is 24.7 Å². The first-order valence-corrected chi connectivity index (χ1v) is 31.5. The molecule has 33 heteroatoms. The molecule has 0 aliphatic carbocycles. The van der Waals surface area contributed by atoms with E-state index >= 15 is 0 Å². The predicted molar refractivity (Wildman–Crippen MR) is 383 cm³/mol. The largest absolute Gasteiger partial charge is 0.479 e. The molecule has 0 fully saturated rings. The Labute approximate surface area is 570 Å². The van der Waals surface area contributed by atoms with Crippen LogP contribution < -0.4 is 53.3 Å². The minimum atomic E-state index is -0.355. The molecule has 11 rings (SSSR count). The summed E-state index contributed by atoms with van der Waals surface area (Å²) < 4.78 is 25.3. The molecular weight excluding hydrogens is 1260 g/mol. The molecule has 2 aliphatic rings. The van der Waals surface area contributed by atoms with Gasteiger partial charge in [0.2, 0.25) is 35.4 Å². The lowest BCUT2D eigenvalue weighted by atomic mass is 10.3. The Balaban J connectivity index is 0.000000244. The topological polar surface area (TPSA) is 412 Å². The smallest absolute Gasteiger partial charge is 0.349 e. The van der Waals surface area contributed by atoms with Gasteiger partial charge in [0.1, 0.15) is 34.9 Å². The van der Waals surface area contributed by atoms with Crippen LogP contribution in [0.1, 0.15) is 167 Å². The number of rotatable bonds is 13. The summed E-state index contributed by atoms with van der Waals surface area (Å²) in [5, 5.41) is 5.06. The van der Waals surface area contributed by atoms with Gasteiger partial charge in [0.05, 0.1) is 45.6 Å².